The maximum absolute atomic E-state index is 11.9. The Kier molecular flexibility index (Phi) is 3.71. The van der Waals surface area contributed by atoms with Crippen LogP contribution in [0.1, 0.15) is 32.3 Å². The molecule has 1 heterocycles. The number of sulfonamides is 1. The van der Waals surface area contributed by atoms with Crippen LogP contribution in [0.4, 0.5) is 0 Å². The zero-order valence-corrected chi connectivity index (χ0v) is 11.5. The van der Waals surface area contributed by atoms with E-state index in [-0.39, 0.29) is 0 Å². The van der Waals surface area contributed by atoms with Crippen molar-refractivity contribution < 1.29 is 8.42 Å². The molecule has 98 valence electrons. The molecule has 1 N–H and O–H groups in total. The van der Waals surface area contributed by atoms with Crippen molar-refractivity contribution in [2.24, 2.45) is 10.9 Å². The Morgan fingerprint density at radius 3 is 2.56 bits per heavy atom. The van der Waals surface area contributed by atoms with Crippen molar-refractivity contribution in [3.05, 3.63) is 29.8 Å². The fourth-order valence-electron chi connectivity index (χ4n) is 2.02. The number of rotatable bonds is 4. The van der Waals surface area contributed by atoms with Crippen molar-refractivity contribution in [3.8, 4) is 0 Å². The van der Waals surface area contributed by atoms with Crippen LogP contribution in [-0.4, -0.2) is 20.8 Å². The van der Waals surface area contributed by atoms with Crippen LogP contribution >= 0.6 is 0 Å². The third-order valence-electron chi connectivity index (χ3n) is 3.33. The average Bonchev–Trinajstić information content (AvgIpc) is 2.63. The molecule has 18 heavy (non-hydrogen) atoms. The van der Waals surface area contributed by atoms with Crippen molar-refractivity contribution in [3.63, 3.8) is 0 Å². The molecule has 0 bridgehead atoms. The van der Waals surface area contributed by atoms with Crippen molar-refractivity contribution in [2.45, 2.75) is 31.6 Å². The van der Waals surface area contributed by atoms with Crippen LogP contribution in [0.2, 0.25) is 0 Å². The number of hydrogen-bond donors (Lipinski definition) is 1. The summed E-state index contributed by atoms with van der Waals surface area (Å²) in [5, 5.41) is 0. The van der Waals surface area contributed by atoms with E-state index in [1.165, 1.54) is 0 Å². The lowest BCUT2D eigenvalue weighted by Crippen LogP contribution is -2.23. The highest BCUT2D eigenvalue weighted by atomic mass is 32.2. The van der Waals surface area contributed by atoms with E-state index < -0.39 is 10.0 Å². The highest BCUT2D eigenvalue weighted by Crippen LogP contribution is 2.22. The molecule has 1 aromatic carbocycles. The maximum atomic E-state index is 11.9. The second-order valence-corrected chi connectivity index (χ2v) is 6.12. The van der Waals surface area contributed by atoms with Crippen molar-refractivity contribution in [1.29, 1.82) is 0 Å². The van der Waals surface area contributed by atoms with Gasteiger partial charge < -0.3 is 0 Å². The Morgan fingerprint density at radius 1 is 1.22 bits per heavy atom. The van der Waals surface area contributed by atoms with Crippen molar-refractivity contribution >= 4 is 15.9 Å². The number of nitrogens with zero attached hydrogens (tertiary/aromatic N) is 1. The van der Waals surface area contributed by atoms with Gasteiger partial charge in [-0.15, -0.1) is 0 Å². The first-order valence-corrected chi connectivity index (χ1v) is 7.73. The van der Waals surface area contributed by atoms with Gasteiger partial charge in [-0.25, -0.2) is 8.42 Å². The molecule has 5 heteroatoms. The molecule has 0 aromatic heterocycles. The van der Waals surface area contributed by atoms with Gasteiger partial charge in [0.1, 0.15) is 5.84 Å². The van der Waals surface area contributed by atoms with Crippen molar-refractivity contribution in [1.82, 2.24) is 4.72 Å². The fraction of sp³-hybridized carbons (Fsp3) is 0.462. The van der Waals surface area contributed by atoms with Gasteiger partial charge in [-0.1, -0.05) is 38.8 Å². The predicted octanol–water partition coefficient (Wildman–Crippen LogP) is 2.16. The van der Waals surface area contributed by atoms with E-state index in [0.717, 1.165) is 12.8 Å². The van der Waals surface area contributed by atoms with E-state index in [9.17, 15) is 8.42 Å². The maximum Gasteiger partial charge on any atom is 0.263 e. The highest BCUT2D eigenvalue weighted by molar-refractivity contribution is 7.90. The second kappa shape index (κ2) is 5.10. The molecule has 0 saturated carbocycles. The van der Waals surface area contributed by atoms with E-state index in [1.54, 1.807) is 18.2 Å². The van der Waals surface area contributed by atoms with E-state index in [0.29, 0.717) is 28.8 Å². The first-order chi connectivity index (χ1) is 8.58. The predicted molar refractivity (Wildman–Crippen MR) is 72.2 cm³/mol. The molecule has 0 radical (unpaired) electrons. The molecular formula is C13H18N2O2S. The summed E-state index contributed by atoms with van der Waals surface area (Å²) in [6.07, 6.45) is 2.11. The number of amidine groups is 1. The fourth-order valence-corrected chi connectivity index (χ4v) is 3.27. The first-order valence-electron chi connectivity index (χ1n) is 6.25. The summed E-state index contributed by atoms with van der Waals surface area (Å²) in [6, 6.07) is 6.95. The second-order valence-electron chi connectivity index (χ2n) is 4.47. The van der Waals surface area contributed by atoms with Crippen LogP contribution < -0.4 is 4.72 Å². The smallest absolute Gasteiger partial charge is 0.263 e. The van der Waals surface area contributed by atoms with Gasteiger partial charge in [0, 0.05) is 12.1 Å². The largest absolute Gasteiger partial charge is 0.267 e. The summed E-state index contributed by atoms with van der Waals surface area (Å²) in [6.45, 7) is 4.92. The highest BCUT2D eigenvalue weighted by Gasteiger charge is 2.29. The lowest BCUT2D eigenvalue weighted by molar-refractivity contribution is 0.506. The minimum absolute atomic E-state index is 0.327. The summed E-state index contributed by atoms with van der Waals surface area (Å²) in [5.74, 6) is 0.993. The first kappa shape index (κ1) is 13.1. The zero-order valence-electron chi connectivity index (χ0n) is 10.7. The summed E-state index contributed by atoms with van der Waals surface area (Å²) >= 11 is 0. The molecule has 1 aliphatic rings. The molecule has 4 nitrogen and oxygen atoms in total. The van der Waals surface area contributed by atoms with Crippen LogP contribution in [0, 0.1) is 5.92 Å². The quantitative estimate of drug-likeness (QED) is 0.908. The molecule has 0 spiro atoms. The Bertz CT molecular complexity index is 560. The molecule has 0 unspecified atom stereocenters. The van der Waals surface area contributed by atoms with E-state index in [1.807, 2.05) is 6.07 Å². The zero-order chi connectivity index (χ0) is 13.2. The molecule has 0 atom stereocenters. The number of nitrogens with one attached hydrogen (secondary N) is 1. The molecule has 0 aliphatic carbocycles. The summed E-state index contributed by atoms with van der Waals surface area (Å²) < 4.78 is 26.2. The van der Waals surface area contributed by atoms with E-state index in [4.69, 9.17) is 0 Å². The molecule has 1 aliphatic heterocycles. The van der Waals surface area contributed by atoms with Crippen LogP contribution in [-0.2, 0) is 10.0 Å². The van der Waals surface area contributed by atoms with Crippen LogP contribution in [0.15, 0.2) is 34.2 Å². The van der Waals surface area contributed by atoms with Gasteiger partial charge in [-0.05, 0) is 18.1 Å². The minimum Gasteiger partial charge on any atom is -0.267 e. The topological polar surface area (TPSA) is 58.5 Å². The van der Waals surface area contributed by atoms with E-state index in [2.05, 4.69) is 23.6 Å². The summed E-state index contributed by atoms with van der Waals surface area (Å²) in [5.41, 5.74) is 0.684. The van der Waals surface area contributed by atoms with Gasteiger partial charge >= 0.3 is 0 Å². The number of benzene rings is 1. The third kappa shape index (κ3) is 2.41. The van der Waals surface area contributed by atoms with Gasteiger partial charge in [0.25, 0.3) is 10.0 Å². The van der Waals surface area contributed by atoms with Crippen molar-refractivity contribution in [2.75, 3.05) is 6.54 Å². The number of aliphatic imine (C=N–C) groups is 1. The van der Waals surface area contributed by atoms with E-state index >= 15 is 0 Å². The lowest BCUT2D eigenvalue weighted by atomic mass is 10.0. The summed E-state index contributed by atoms with van der Waals surface area (Å²) in [7, 11) is -3.40. The van der Waals surface area contributed by atoms with Gasteiger partial charge in [0.15, 0.2) is 0 Å². The normalized spacial score (nSPS) is 18.9. The molecule has 0 saturated heterocycles. The Balaban J connectivity index is 2.30. The number of hydrogen-bond acceptors (Lipinski definition) is 3. The van der Waals surface area contributed by atoms with Crippen LogP contribution in [0.3, 0.4) is 0 Å². The molecular weight excluding hydrogens is 248 g/mol. The SMILES string of the molecule is CCC(CC)CN=C1NS(=O)(=O)c2ccccc21. The lowest BCUT2D eigenvalue weighted by Gasteiger charge is -2.08. The number of fused-ring (bicyclic) bond motifs is 1. The van der Waals surface area contributed by atoms with Crippen LogP contribution in [0.25, 0.3) is 0 Å². The molecule has 0 fully saturated rings. The third-order valence-corrected chi connectivity index (χ3v) is 4.72. The Hall–Kier alpha value is -1.36. The minimum atomic E-state index is -3.40. The standard InChI is InChI=1S/C13H18N2O2S/c1-3-10(4-2)9-14-13-11-7-5-6-8-12(11)18(16,17)15-13/h5-8,10H,3-4,9H2,1-2H3,(H,14,15). The molecule has 2 rings (SSSR count). The van der Waals surface area contributed by atoms with Gasteiger partial charge in [-0.2, -0.15) is 0 Å². The Labute approximate surface area is 108 Å². The van der Waals surface area contributed by atoms with Gasteiger partial charge in [-0.3, -0.25) is 9.71 Å². The molecule has 1 aromatic rings. The average molecular weight is 266 g/mol. The van der Waals surface area contributed by atoms with Gasteiger partial charge in [0.05, 0.1) is 4.90 Å². The van der Waals surface area contributed by atoms with Gasteiger partial charge in [0.2, 0.25) is 0 Å². The van der Waals surface area contributed by atoms with Crippen LogP contribution in [0.5, 0.6) is 0 Å². The molecule has 0 amide bonds. The summed E-state index contributed by atoms with van der Waals surface area (Å²) in [4.78, 5) is 4.76. The monoisotopic (exact) mass is 266 g/mol. The Morgan fingerprint density at radius 2 is 1.89 bits per heavy atom.